The Morgan fingerprint density at radius 1 is 1.13 bits per heavy atom. The normalized spacial score (nSPS) is 14.7. The van der Waals surface area contributed by atoms with E-state index in [1.165, 1.54) is 32.1 Å². The summed E-state index contributed by atoms with van der Waals surface area (Å²) in [7, 11) is 1.87. The predicted octanol–water partition coefficient (Wildman–Crippen LogP) is 4.63. The molecule has 4 aromatic rings. The Morgan fingerprint density at radius 3 is 2.77 bits per heavy atom. The third-order valence-electron chi connectivity index (χ3n) is 5.90. The molecule has 0 unspecified atom stereocenters. The SMILES string of the molecule is Cn1cc(-c2cc(Oc3ccc4nc(CC5CCCCC5)[nH]c(=O)c4c3)ccn2)cn1. The van der Waals surface area contributed by atoms with Gasteiger partial charge >= 0.3 is 0 Å². The molecule has 1 fully saturated rings. The zero-order valence-corrected chi connectivity index (χ0v) is 17.5. The summed E-state index contributed by atoms with van der Waals surface area (Å²) in [6.07, 6.45) is 12.5. The average molecular weight is 415 g/mol. The molecule has 31 heavy (non-hydrogen) atoms. The number of aromatic amines is 1. The number of ether oxygens (including phenoxy) is 1. The van der Waals surface area contributed by atoms with E-state index < -0.39 is 0 Å². The van der Waals surface area contributed by atoms with Crippen LogP contribution in [0.25, 0.3) is 22.2 Å². The molecule has 158 valence electrons. The number of benzene rings is 1. The molecule has 1 aliphatic rings. The number of hydrogen-bond acceptors (Lipinski definition) is 5. The zero-order chi connectivity index (χ0) is 21.2. The molecular formula is C24H25N5O2. The number of H-pyrrole nitrogens is 1. The molecule has 1 N–H and O–H groups in total. The molecule has 3 heterocycles. The van der Waals surface area contributed by atoms with Gasteiger partial charge in [-0.15, -0.1) is 0 Å². The summed E-state index contributed by atoms with van der Waals surface area (Å²) < 4.78 is 7.75. The van der Waals surface area contributed by atoms with E-state index in [9.17, 15) is 4.79 Å². The van der Waals surface area contributed by atoms with Gasteiger partial charge in [0, 0.05) is 37.5 Å². The van der Waals surface area contributed by atoms with Crippen molar-refractivity contribution in [3.8, 4) is 22.8 Å². The Hall–Kier alpha value is -3.48. The monoisotopic (exact) mass is 415 g/mol. The Bertz CT molecular complexity index is 1270. The minimum Gasteiger partial charge on any atom is -0.457 e. The molecule has 1 saturated carbocycles. The van der Waals surface area contributed by atoms with Crippen LogP contribution in [0.4, 0.5) is 0 Å². The maximum Gasteiger partial charge on any atom is 0.258 e. The molecule has 0 aliphatic heterocycles. The largest absolute Gasteiger partial charge is 0.457 e. The first-order valence-corrected chi connectivity index (χ1v) is 10.8. The highest BCUT2D eigenvalue weighted by atomic mass is 16.5. The van der Waals surface area contributed by atoms with Crippen molar-refractivity contribution in [2.75, 3.05) is 0 Å². The second kappa shape index (κ2) is 8.34. The van der Waals surface area contributed by atoms with E-state index in [2.05, 4.69) is 15.1 Å². The van der Waals surface area contributed by atoms with E-state index in [0.29, 0.717) is 28.3 Å². The first-order chi connectivity index (χ1) is 15.1. The molecule has 7 nitrogen and oxygen atoms in total. The van der Waals surface area contributed by atoms with Gasteiger partial charge in [-0.3, -0.25) is 14.5 Å². The van der Waals surface area contributed by atoms with Crippen molar-refractivity contribution < 1.29 is 4.74 Å². The summed E-state index contributed by atoms with van der Waals surface area (Å²) in [5.74, 6) is 2.64. The molecule has 0 bridgehead atoms. The van der Waals surface area contributed by atoms with Crippen molar-refractivity contribution in [1.82, 2.24) is 24.7 Å². The van der Waals surface area contributed by atoms with E-state index in [1.807, 2.05) is 31.4 Å². The van der Waals surface area contributed by atoms with Crippen LogP contribution in [-0.4, -0.2) is 24.7 Å². The lowest BCUT2D eigenvalue weighted by atomic mass is 9.87. The van der Waals surface area contributed by atoms with Gasteiger partial charge in [-0.2, -0.15) is 5.10 Å². The van der Waals surface area contributed by atoms with Gasteiger partial charge in [0.1, 0.15) is 17.3 Å². The number of nitrogens with one attached hydrogen (secondary N) is 1. The highest BCUT2D eigenvalue weighted by Crippen LogP contribution is 2.28. The molecule has 1 aliphatic carbocycles. The quantitative estimate of drug-likeness (QED) is 0.513. The molecule has 0 radical (unpaired) electrons. The molecule has 5 rings (SSSR count). The minimum absolute atomic E-state index is 0.118. The number of nitrogens with zero attached hydrogens (tertiary/aromatic N) is 4. The fourth-order valence-corrected chi connectivity index (χ4v) is 4.31. The fraction of sp³-hybridized carbons (Fsp3) is 0.333. The van der Waals surface area contributed by atoms with Crippen LogP contribution >= 0.6 is 0 Å². The number of rotatable bonds is 5. The number of hydrogen-bond donors (Lipinski definition) is 1. The summed E-state index contributed by atoms with van der Waals surface area (Å²) in [6, 6.07) is 9.10. The fourth-order valence-electron chi connectivity index (χ4n) is 4.31. The van der Waals surface area contributed by atoms with Gasteiger partial charge in [-0.25, -0.2) is 4.98 Å². The molecule has 0 spiro atoms. The van der Waals surface area contributed by atoms with E-state index in [1.54, 1.807) is 29.2 Å². The number of pyridine rings is 1. The number of aromatic nitrogens is 5. The molecule has 1 aromatic carbocycles. The van der Waals surface area contributed by atoms with E-state index in [-0.39, 0.29) is 5.56 Å². The van der Waals surface area contributed by atoms with Gasteiger partial charge < -0.3 is 9.72 Å². The Kier molecular flexibility index (Phi) is 5.24. The van der Waals surface area contributed by atoms with Crippen molar-refractivity contribution in [2.45, 2.75) is 38.5 Å². The molecular weight excluding hydrogens is 390 g/mol. The van der Waals surface area contributed by atoms with Crippen LogP contribution in [-0.2, 0) is 13.5 Å². The summed E-state index contributed by atoms with van der Waals surface area (Å²) in [5, 5.41) is 4.72. The first kappa shape index (κ1) is 19.5. The van der Waals surface area contributed by atoms with Crippen molar-refractivity contribution in [1.29, 1.82) is 0 Å². The Morgan fingerprint density at radius 2 is 1.97 bits per heavy atom. The van der Waals surface area contributed by atoms with Crippen molar-refractivity contribution >= 4 is 10.9 Å². The van der Waals surface area contributed by atoms with Crippen LogP contribution < -0.4 is 10.3 Å². The predicted molar refractivity (Wildman–Crippen MR) is 119 cm³/mol. The van der Waals surface area contributed by atoms with E-state index in [4.69, 9.17) is 9.72 Å². The van der Waals surface area contributed by atoms with Gasteiger partial charge in [-0.1, -0.05) is 32.1 Å². The second-order valence-corrected chi connectivity index (χ2v) is 8.28. The van der Waals surface area contributed by atoms with Crippen LogP contribution in [0.3, 0.4) is 0 Å². The second-order valence-electron chi connectivity index (χ2n) is 8.28. The van der Waals surface area contributed by atoms with Gasteiger partial charge in [0.05, 0.1) is 22.8 Å². The summed E-state index contributed by atoms with van der Waals surface area (Å²) in [4.78, 5) is 24.8. The maximum absolute atomic E-state index is 12.7. The molecule has 7 heteroatoms. The number of fused-ring (bicyclic) bond motifs is 1. The third-order valence-corrected chi connectivity index (χ3v) is 5.90. The van der Waals surface area contributed by atoms with Crippen LogP contribution in [0.1, 0.15) is 37.9 Å². The molecule has 3 aromatic heterocycles. The minimum atomic E-state index is -0.118. The zero-order valence-electron chi connectivity index (χ0n) is 17.5. The lowest BCUT2D eigenvalue weighted by molar-refractivity contribution is 0.351. The molecule has 0 atom stereocenters. The lowest BCUT2D eigenvalue weighted by Gasteiger charge is -2.20. The van der Waals surface area contributed by atoms with Crippen molar-refractivity contribution in [2.24, 2.45) is 13.0 Å². The third kappa shape index (κ3) is 4.35. The van der Waals surface area contributed by atoms with E-state index >= 15 is 0 Å². The average Bonchev–Trinajstić information content (AvgIpc) is 3.22. The highest BCUT2D eigenvalue weighted by molar-refractivity contribution is 5.79. The van der Waals surface area contributed by atoms with E-state index in [0.717, 1.165) is 23.5 Å². The van der Waals surface area contributed by atoms with Crippen LogP contribution in [0, 0.1) is 5.92 Å². The smallest absolute Gasteiger partial charge is 0.258 e. The van der Waals surface area contributed by atoms with Gasteiger partial charge in [0.15, 0.2) is 0 Å². The van der Waals surface area contributed by atoms with Crippen molar-refractivity contribution in [3.63, 3.8) is 0 Å². The number of aryl methyl sites for hydroxylation is 1. The highest BCUT2D eigenvalue weighted by Gasteiger charge is 2.16. The lowest BCUT2D eigenvalue weighted by Crippen LogP contribution is -2.16. The van der Waals surface area contributed by atoms with Crippen LogP contribution in [0.5, 0.6) is 11.5 Å². The van der Waals surface area contributed by atoms with Gasteiger partial charge in [0.25, 0.3) is 5.56 Å². The van der Waals surface area contributed by atoms with Crippen LogP contribution in [0.2, 0.25) is 0 Å². The Balaban J connectivity index is 1.38. The summed E-state index contributed by atoms with van der Waals surface area (Å²) in [5.41, 5.74) is 2.27. The topological polar surface area (TPSA) is 85.7 Å². The standard InChI is InChI=1S/C24H25N5O2/c1-29-15-17(14-26-29)22-13-19(9-10-25-22)31-18-7-8-21-20(12-18)24(30)28-23(27-21)11-16-5-3-2-4-6-16/h7-10,12-16H,2-6,11H2,1H3,(H,27,28,30). The summed E-state index contributed by atoms with van der Waals surface area (Å²) >= 11 is 0. The molecule has 0 amide bonds. The Labute approximate surface area is 180 Å². The summed E-state index contributed by atoms with van der Waals surface area (Å²) in [6.45, 7) is 0. The molecule has 0 saturated heterocycles. The van der Waals surface area contributed by atoms with Gasteiger partial charge in [0.2, 0.25) is 0 Å². The maximum atomic E-state index is 12.7. The van der Waals surface area contributed by atoms with Gasteiger partial charge in [-0.05, 0) is 30.2 Å². The van der Waals surface area contributed by atoms with Crippen molar-refractivity contribution in [3.05, 3.63) is 65.1 Å². The first-order valence-electron chi connectivity index (χ1n) is 10.8. The van der Waals surface area contributed by atoms with Crippen LogP contribution in [0.15, 0.2) is 53.7 Å².